The van der Waals surface area contributed by atoms with E-state index in [0.717, 1.165) is 17.0 Å². The van der Waals surface area contributed by atoms with Gasteiger partial charge in [-0.2, -0.15) is 0 Å². The molecule has 6 heteroatoms. The molecule has 0 atom stereocenters. The van der Waals surface area contributed by atoms with Crippen LogP contribution in [0.15, 0.2) is 45.4 Å². The van der Waals surface area contributed by atoms with Crippen LogP contribution in [0.2, 0.25) is 0 Å². The first-order valence-corrected chi connectivity index (χ1v) is 7.31. The van der Waals surface area contributed by atoms with Crippen molar-refractivity contribution in [2.24, 2.45) is 0 Å². The van der Waals surface area contributed by atoms with Crippen molar-refractivity contribution in [3.05, 3.63) is 59.6 Å². The molecule has 2 heterocycles. The van der Waals surface area contributed by atoms with E-state index in [9.17, 15) is 4.79 Å². The predicted molar refractivity (Wildman–Crippen MR) is 83.5 cm³/mol. The van der Waals surface area contributed by atoms with Crippen LogP contribution in [0.1, 0.15) is 23.0 Å². The van der Waals surface area contributed by atoms with Gasteiger partial charge in [0.1, 0.15) is 12.0 Å². The molecule has 1 N–H and O–H groups in total. The summed E-state index contributed by atoms with van der Waals surface area (Å²) in [5.74, 6) is 1.61. The first-order chi connectivity index (χ1) is 11.1. The number of oxazole rings is 2. The van der Waals surface area contributed by atoms with Gasteiger partial charge in [0.05, 0.1) is 24.4 Å². The summed E-state index contributed by atoms with van der Waals surface area (Å²) in [6.07, 6.45) is 1.65. The van der Waals surface area contributed by atoms with Gasteiger partial charge in [0, 0.05) is 5.56 Å². The van der Waals surface area contributed by atoms with Gasteiger partial charge in [0.15, 0.2) is 0 Å². The average molecular weight is 311 g/mol. The van der Waals surface area contributed by atoms with E-state index in [1.54, 1.807) is 0 Å². The lowest BCUT2D eigenvalue weighted by Crippen LogP contribution is -2.24. The molecule has 0 bridgehead atoms. The zero-order valence-electron chi connectivity index (χ0n) is 13.0. The number of carbonyl (C=O) groups is 1. The topological polar surface area (TPSA) is 81.2 Å². The number of aryl methyl sites for hydroxylation is 2. The molecule has 0 aliphatic heterocycles. The summed E-state index contributed by atoms with van der Waals surface area (Å²) < 4.78 is 10.8. The number of nitrogens with one attached hydrogen (secondary N) is 1. The van der Waals surface area contributed by atoms with Crippen molar-refractivity contribution in [3.63, 3.8) is 0 Å². The highest BCUT2D eigenvalue weighted by atomic mass is 16.4. The second-order valence-electron chi connectivity index (χ2n) is 5.21. The molecule has 0 fully saturated rings. The number of hydrogen-bond acceptors (Lipinski definition) is 5. The molecule has 0 aliphatic rings. The Bertz CT molecular complexity index is 786. The fourth-order valence-corrected chi connectivity index (χ4v) is 2.12. The molecule has 0 unspecified atom stereocenters. The maximum atomic E-state index is 12.0. The first kappa shape index (κ1) is 15.0. The minimum Gasteiger partial charge on any atom is -0.444 e. The van der Waals surface area contributed by atoms with Gasteiger partial charge in [-0.05, 0) is 26.0 Å². The normalized spacial score (nSPS) is 10.7. The van der Waals surface area contributed by atoms with Crippen LogP contribution in [0.3, 0.4) is 0 Å². The molecule has 1 amide bonds. The summed E-state index contributed by atoms with van der Waals surface area (Å²) in [6, 6.07) is 9.55. The van der Waals surface area contributed by atoms with Crippen LogP contribution in [0.4, 0.5) is 0 Å². The van der Waals surface area contributed by atoms with Crippen molar-refractivity contribution in [3.8, 4) is 11.5 Å². The van der Waals surface area contributed by atoms with E-state index < -0.39 is 0 Å². The van der Waals surface area contributed by atoms with E-state index in [2.05, 4.69) is 15.3 Å². The van der Waals surface area contributed by atoms with E-state index in [1.165, 1.54) is 6.26 Å². The molecule has 0 saturated carbocycles. The fourth-order valence-electron chi connectivity index (χ4n) is 2.12. The molecular formula is C17H17N3O3. The molecule has 0 spiro atoms. The molecule has 1 aromatic carbocycles. The van der Waals surface area contributed by atoms with Gasteiger partial charge in [-0.15, -0.1) is 0 Å². The number of nitrogens with zero attached hydrogens (tertiary/aromatic N) is 2. The van der Waals surface area contributed by atoms with Crippen molar-refractivity contribution in [1.82, 2.24) is 15.3 Å². The van der Waals surface area contributed by atoms with Crippen molar-refractivity contribution in [2.75, 3.05) is 0 Å². The molecule has 118 valence electrons. The van der Waals surface area contributed by atoms with Gasteiger partial charge in [-0.25, -0.2) is 9.97 Å². The summed E-state index contributed by atoms with van der Waals surface area (Å²) in [7, 11) is 0. The molecule has 0 aliphatic carbocycles. The van der Waals surface area contributed by atoms with Crippen LogP contribution in [-0.4, -0.2) is 15.9 Å². The summed E-state index contributed by atoms with van der Waals surface area (Å²) >= 11 is 0. The number of carbonyl (C=O) groups excluding carboxylic acids is 1. The van der Waals surface area contributed by atoms with Gasteiger partial charge >= 0.3 is 0 Å². The summed E-state index contributed by atoms with van der Waals surface area (Å²) in [5, 5.41) is 2.76. The minimum absolute atomic E-state index is 0.148. The van der Waals surface area contributed by atoms with E-state index in [4.69, 9.17) is 8.83 Å². The summed E-state index contributed by atoms with van der Waals surface area (Å²) in [5.41, 5.74) is 2.30. The Morgan fingerprint density at radius 3 is 2.65 bits per heavy atom. The standard InChI is InChI=1S/C17H17N3O3/c1-11-12(2)23-16(19-11)9-18-15(21)8-14-10-22-17(20-14)13-6-4-3-5-7-13/h3-7,10H,8-9H2,1-2H3,(H,18,21). The maximum Gasteiger partial charge on any atom is 0.226 e. The second-order valence-corrected chi connectivity index (χ2v) is 5.21. The lowest BCUT2D eigenvalue weighted by molar-refractivity contribution is -0.120. The number of benzene rings is 1. The van der Waals surface area contributed by atoms with Crippen LogP contribution < -0.4 is 5.32 Å². The first-order valence-electron chi connectivity index (χ1n) is 7.31. The molecule has 6 nitrogen and oxygen atoms in total. The van der Waals surface area contributed by atoms with Gasteiger partial charge in [0.2, 0.25) is 17.7 Å². The fraction of sp³-hybridized carbons (Fsp3) is 0.235. The van der Waals surface area contributed by atoms with Gasteiger partial charge < -0.3 is 14.2 Å². The zero-order chi connectivity index (χ0) is 16.2. The maximum absolute atomic E-state index is 12.0. The van der Waals surface area contributed by atoms with Crippen LogP contribution in [0, 0.1) is 13.8 Å². The van der Waals surface area contributed by atoms with Crippen molar-refractivity contribution >= 4 is 5.91 Å². The highest BCUT2D eigenvalue weighted by Crippen LogP contribution is 2.18. The Kier molecular flexibility index (Phi) is 4.23. The second kappa shape index (κ2) is 6.48. The lowest BCUT2D eigenvalue weighted by Gasteiger charge is -2.00. The third-order valence-electron chi connectivity index (χ3n) is 3.42. The van der Waals surface area contributed by atoms with E-state index in [1.807, 2.05) is 44.2 Å². The SMILES string of the molecule is Cc1nc(CNC(=O)Cc2coc(-c3ccccc3)n2)oc1C. The molecular weight excluding hydrogens is 294 g/mol. The Labute approximate surface area is 133 Å². The number of amides is 1. The van der Waals surface area contributed by atoms with Crippen LogP contribution in [0.5, 0.6) is 0 Å². The third kappa shape index (κ3) is 3.66. The Morgan fingerprint density at radius 1 is 1.17 bits per heavy atom. The predicted octanol–water partition coefficient (Wildman–Crippen LogP) is 2.81. The van der Waals surface area contributed by atoms with E-state index in [0.29, 0.717) is 17.5 Å². The Hall–Kier alpha value is -2.89. The number of hydrogen-bond donors (Lipinski definition) is 1. The quantitative estimate of drug-likeness (QED) is 0.783. The lowest BCUT2D eigenvalue weighted by atomic mass is 10.2. The van der Waals surface area contributed by atoms with E-state index >= 15 is 0 Å². The Balaban J connectivity index is 1.57. The van der Waals surface area contributed by atoms with Crippen molar-refractivity contribution in [2.45, 2.75) is 26.8 Å². The van der Waals surface area contributed by atoms with Gasteiger partial charge in [-0.1, -0.05) is 18.2 Å². The van der Waals surface area contributed by atoms with Crippen molar-refractivity contribution in [1.29, 1.82) is 0 Å². The van der Waals surface area contributed by atoms with E-state index in [-0.39, 0.29) is 18.9 Å². The molecule has 23 heavy (non-hydrogen) atoms. The van der Waals surface area contributed by atoms with Gasteiger partial charge in [0.25, 0.3) is 0 Å². The van der Waals surface area contributed by atoms with Crippen molar-refractivity contribution < 1.29 is 13.6 Å². The summed E-state index contributed by atoms with van der Waals surface area (Å²) in [4.78, 5) is 20.5. The Morgan fingerprint density at radius 2 is 1.96 bits per heavy atom. The average Bonchev–Trinajstić information content (AvgIpc) is 3.13. The largest absolute Gasteiger partial charge is 0.444 e. The van der Waals surface area contributed by atoms with Gasteiger partial charge in [-0.3, -0.25) is 4.79 Å². The summed E-state index contributed by atoms with van der Waals surface area (Å²) in [6.45, 7) is 3.97. The minimum atomic E-state index is -0.161. The molecule has 0 saturated heterocycles. The van der Waals surface area contributed by atoms with Crippen LogP contribution in [-0.2, 0) is 17.8 Å². The monoisotopic (exact) mass is 311 g/mol. The number of rotatable bonds is 5. The zero-order valence-corrected chi connectivity index (χ0v) is 13.0. The molecule has 2 aromatic heterocycles. The highest BCUT2D eigenvalue weighted by molar-refractivity contribution is 5.78. The molecule has 0 radical (unpaired) electrons. The van der Waals surface area contributed by atoms with Crippen LogP contribution in [0.25, 0.3) is 11.5 Å². The van der Waals surface area contributed by atoms with Crippen LogP contribution >= 0.6 is 0 Å². The molecule has 3 rings (SSSR count). The number of aromatic nitrogens is 2. The highest BCUT2D eigenvalue weighted by Gasteiger charge is 2.12. The smallest absolute Gasteiger partial charge is 0.226 e. The third-order valence-corrected chi connectivity index (χ3v) is 3.42. The molecule has 3 aromatic rings.